The highest BCUT2D eigenvalue weighted by Gasteiger charge is 2.17. The van der Waals surface area contributed by atoms with Crippen LogP contribution in [0.25, 0.3) is 0 Å². The second-order valence-corrected chi connectivity index (χ2v) is 9.52. The van der Waals surface area contributed by atoms with Crippen LogP contribution in [0.1, 0.15) is 49.9 Å². The monoisotopic (exact) mass is 402 g/mol. The maximum absolute atomic E-state index is 12.5. The fourth-order valence-electron chi connectivity index (χ4n) is 3.02. The molecule has 0 radical (unpaired) electrons. The summed E-state index contributed by atoms with van der Waals surface area (Å²) in [5.41, 5.74) is 1.52. The molecule has 28 heavy (non-hydrogen) atoms. The van der Waals surface area contributed by atoms with Crippen molar-refractivity contribution in [3.05, 3.63) is 54.1 Å². The van der Waals surface area contributed by atoms with Gasteiger partial charge in [-0.15, -0.1) is 0 Å². The molecule has 0 spiro atoms. The van der Waals surface area contributed by atoms with Crippen LogP contribution in [0.4, 0.5) is 11.4 Å². The van der Waals surface area contributed by atoms with Crippen molar-refractivity contribution in [2.45, 2.75) is 50.9 Å². The summed E-state index contributed by atoms with van der Waals surface area (Å²) in [4.78, 5) is 12.5. The Labute approximate surface area is 166 Å². The minimum atomic E-state index is -3.41. The lowest BCUT2D eigenvalue weighted by atomic mass is 10.2. The van der Waals surface area contributed by atoms with E-state index >= 15 is 0 Å². The molecule has 0 aromatic heterocycles. The van der Waals surface area contributed by atoms with Crippen molar-refractivity contribution < 1.29 is 17.9 Å². The van der Waals surface area contributed by atoms with Gasteiger partial charge in [-0.3, -0.25) is 9.52 Å². The van der Waals surface area contributed by atoms with E-state index in [1.165, 1.54) is 12.8 Å². The van der Waals surface area contributed by atoms with Crippen LogP contribution in [0.2, 0.25) is 0 Å². The van der Waals surface area contributed by atoms with E-state index in [4.69, 9.17) is 4.74 Å². The Balaban J connectivity index is 1.63. The number of hydrogen-bond donors (Lipinski definition) is 2. The first kappa shape index (κ1) is 20.2. The molecule has 2 N–H and O–H groups in total. The zero-order valence-electron chi connectivity index (χ0n) is 16.1. The molecule has 2 aromatic rings. The number of amides is 1. The highest BCUT2D eigenvalue weighted by atomic mass is 32.2. The molecule has 1 fully saturated rings. The fraction of sp³-hybridized carbons (Fsp3) is 0.381. The first-order valence-corrected chi connectivity index (χ1v) is 11.1. The first-order valence-electron chi connectivity index (χ1n) is 9.53. The highest BCUT2D eigenvalue weighted by Crippen LogP contribution is 2.26. The Kier molecular flexibility index (Phi) is 6.24. The normalized spacial score (nSPS) is 14.8. The highest BCUT2D eigenvalue weighted by molar-refractivity contribution is 7.93. The molecule has 1 amide bonds. The van der Waals surface area contributed by atoms with Crippen LogP contribution < -0.4 is 14.8 Å². The van der Waals surface area contributed by atoms with E-state index in [0.29, 0.717) is 16.9 Å². The van der Waals surface area contributed by atoms with Gasteiger partial charge in [0, 0.05) is 23.0 Å². The second-order valence-electron chi connectivity index (χ2n) is 7.28. The van der Waals surface area contributed by atoms with Crippen LogP contribution in [-0.4, -0.2) is 25.7 Å². The van der Waals surface area contributed by atoms with E-state index in [9.17, 15) is 13.2 Å². The summed E-state index contributed by atoms with van der Waals surface area (Å²) in [6, 6.07) is 13.7. The standard InChI is InChI=1S/C21H26N2O4S/c1-15(2)28(25,26)23-17-12-10-16(11-13-17)21(24)22-18-6-5-9-20(14-18)27-19-7-3-4-8-19/h5-6,9-15,19,23H,3-4,7-8H2,1-2H3,(H,22,24). The van der Waals surface area contributed by atoms with Gasteiger partial charge in [-0.1, -0.05) is 6.07 Å². The maximum Gasteiger partial charge on any atom is 0.255 e. The largest absolute Gasteiger partial charge is 0.490 e. The molecule has 1 aliphatic carbocycles. The number of anilines is 2. The van der Waals surface area contributed by atoms with Gasteiger partial charge < -0.3 is 10.1 Å². The summed E-state index contributed by atoms with van der Waals surface area (Å²) in [6.45, 7) is 3.21. The molecular weight excluding hydrogens is 376 g/mol. The number of hydrogen-bond acceptors (Lipinski definition) is 4. The van der Waals surface area contributed by atoms with Crippen LogP contribution in [0.5, 0.6) is 5.75 Å². The molecule has 0 unspecified atom stereocenters. The topological polar surface area (TPSA) is 84.5 Å². The molecule has 1 saturated carbocycles. The summed E-state index contributed by atoms with van der Waals surface area (Å²) in [5.74, 6) is 0.486. The van der Waals surface area contributed by atoms with Gasteiger partial charge in [0.2, 0.25) is 10.0 Å². The summed E-state index contributed by atoms with van der Waals surface area (Å²) >= 11 is 0. The van der Waals surface area contributed by atoms with Crippen molar-refractivity contribution in [1.82, 2.24) is 0 Å². The van der Waals surface area contributed by atoms with E-state index in [-0.39, 0.29) is 12.0 Å². The van der Waals surface area contributed by atoms with E-state index in [2.05, 4.69) is 10.0 Å². The van der Waals surface area contributed by atoms with Crippen molar-refractivity contribution in [3.63, 3.8) is 0 Å². The molecule has 150 valence electrons. The number of sulfonamides is 1. The van der Waals surface area contributed by atoms with Gasteiger partial charge >= 0.3 is 0 Å². The number of rotatable bonds is 7. The van der Waals surface area contributed by atoms with Crippen molar-refractivity contribution >= 4 is 27.3 Å². The van der Waals surface area contributed by atoms with Crippen molar-refractivity contribution in [1.29, 1.82) is 0 Å². The van der Waals surface area contributed by atoms with E-state index in [1.807, 2.05) is 24.3 Å². The van der Waals surface area contributed by atoms with E-state index in [1.54, 1.807) is 38.1 Å². The van der Waals surface area contributed by atoms with Gasteiger partial charge in [-0.2, -0.15) is 0 Å². The number of carbonyl (C=O) groups is 1. The summed E-state index contributed by atoms with van der Waals surface area (Å²) in [6.07, 6.45) is 4.80. The third-order valence-corrected chi connectivity index (χ3v) is 6.49. The Bertz CT molecular complexity index is 918. The quantitative estimate of drug-likeness (QED) is 0.718. The van der Waals surface area contributed by atoms with Crippen molar-refractivity contribution in [2.24, 2.45) is 0 Å². The molecule has 0 bridgehead atoms. The van der Waals surface area contributed by atoms with E-state index < -0.39 is 15.3 Å². The second kappa shape index (κ2) is 8.65. The van der Waals surface area contributed by atoms with Crippen LogP contribution in [0.15, 0.2) is 48.5 Å². The Morgan fingerprint density at radius 3 is 2.36 bits per heavy atom. The molecule has 3 rings (SSSR count). The molecular formula is C21H26N2O4S. The lowest BCUT2D eigenvalue weighted by Crippen LogP contribution is -2.22. The number of nitrogens with one attached hydrogen (secondary N) is 2. The van der Waals surface area contributed by atoms with Gasteiger partial charge in [-0.25, -0.2) is 8.42 Å². The third-order valence-electron chi connectivity index (χ3n) is 4.72. The summed E-state index contributed by atoms with van der Waals surface area (Å²) in [7, 11) is -3.41. The Hall–Kier alpha value is -2.54. The zero-order chi connectivity index (χ0) is 20.1. The first-order chi connectivity index (χ1) is 13.3. The maximum atomic E-state index is 12.5. The molecule has 0 heterocycles. The van der Waals surface area contributed by atoms with Gasteiger partial charge in [0.1, 0.15) is 5.75 Å². The Morgan fingerprint density at radius 2 is 1.71 bits per heavy atom. The predicted octanol–water partition coefficient (Wildman–Crippen LogP) is 4.41. The molecule has 7 heteroatoms. The van der Waals surface area contributed by atoms with Gasteiger partial charge in [0.05, 0.1) is 11.4 Å². The van der Waals surface area contributed by atoms with Crippen molar-refractivity contribution in [2.75, 3.05) is 10.0 Å². The fourth-order valence-corrected chi connectivity index (χ4v) is 3.72. The van der Waals surface area contributed by atoms with Gasteiger partial charge in [0.25, 0.3) is 5.91 Å². The minimum Gasteiger partial charge on any atom is -0.490 e. The molecule has 0 aliphatic heterocycles. The van der Waals surface area contributed by atoms with Gasteiger partial charge in [0.15, 0.2) is 0 Å². The predicted molar refractivity (Wildman–Crippen MR) is 111 cm³/mol. The molecule has 0 atom stereocenters. The lowest BCUT2D eigenvalue weighted by molar-refractivity contribution is 0.102. The minimum absolute atomic E-state index is 0.258. The van der Waals surface area contributed by atoms with Crippen LogP contribution >= 0.6 is 0 Å². The Morgan fingerprint density at radius 1 is 1.04 bits per heavy atom. The summed E-state index contributed by atoms with van der Waals surface area (Å²) < 4.78 is 32.3. The SMILES string of the molecule is CC(C)S(=O)(=O)Nc1ccc(C(=O)Nc2cccc(OC3CCCC3)c2)cc1. The average Bonchev–Trinajstić information content (AvgIpc) is 3.15. The van der Waals surface area contributed by atoms with Gasteiger partial charge in [-0.05, 0) is 75.9 Å². The molecule has 0 saturated heterocycles. The lowest BCUT2D eigenvalue weighted by Gasteiger charge is -2.14. The number of benzene rings is 2. The van der Waals surface area contributed by atoms with Crippen LogP contribution in [0.3, 0.4) is 0 Å². The number of carbonyl (C=O) groups excluding carboxylic acids is 1. The zero-order valence-corrected chi connectivity index (χ0v) is 17.0. The molecule has 6 nitrogen and oxygen atoms in total. The van der Waals surface area contributed by atoms with Crippen LogP contribution in [0, 0.1) is 0 Å². The average molecular weight is 403 g/mol. The molecule has 1 aliphatic rings. The summed E-state index contributed by atoms with van der Waals surface area (Å²) in [5, 5.41) is 2.32. The van der Waals surface area contributed by atoms with Crippen LogP contribution in [-0.2, 0) is 10.0 Å². The smallest absolute Gasteiger partial charge is 0.255 e. The number of ether oxygens (including phenoxy) is 1. The third kappa shape index (κ3) is 5.25. The van der Waals surface area contributed by atoms with E-state index in [0.717, 1.165) is 18.6 Å². The molecule has 2 aromatic carbocycles. The van der Waals surface area contributed by atoms with Crippen molar-refractivity contribution in [3.8, 4) is 5.75 Å².